The molecule has 22 heavy (non-hydrogen) atoms. The summed E-state index contributed by atoms with van der Waals surface area (Å²) in [6.07, 6.45) is 0. The Balaban J connectivity index is 2.21. The first-order valence-electron chi connectivity index (χ1n) is 7.53. The van der Waals surface area contributed by atoms with Crippen LogP contribution in [0.1, 0.15) is 11.1 Å². The maximum Gasteiger partial charge on any atom is 0.134 e. The van der Waals surface area contributed by atoms with E-state index < -0.39 is 8.80 Å². The standard InChI is InChI=1S/C20H19ClSi/c1-15-7-5-9-17(13-15)22(18-10-6-8-16(2)14-18)20-12-4-3-11-19(20)21/h3-14,22H,1-2H3. The minimum atomic E-state index is -1.54. The highest BCUT2D eigenvalue weighted by molar-refractivity contribution is 6.96. The van der Waals surface area contributed by atoms with E-state index in [0.717, 1.165) is 5.02 Å². The lowest BCUT2D eigenvalue weighted by Crippen LogP contribution is -2.52. The first kappa shape index (κ1) is 15.1. The smallest absolute Gasteiger partial charge is 0.0845 e. The molecule has 0 nitrogen and oxygen atoms in total. The van der Waals surface area contributed by atoms with E-state index in [4.69, 9.17) is 11.6 Å². The number of rotatable bonds is 3. The Hall–Kier alpha value is -1.83. The Labute approximate surface area is 139 Å². The maximum atomic E-state index is 6.53. The number of hydrogen-bond donors (Lipinski definition) is 0. The molecule has 0 bridgehead atoms. The Morgan fingerprint density at radius 1 is 0.682 bits per heavy atom. The van der Waals surface area contributed by atoms with Crippen molar-refractivity contribution in [2.45, 2.75) is 13.8 Å². The molecule has 3 rings (SSSR count). The average Bonchev–Trinajstić information content (AvgIpc) is 2.50. The number of halogens is 1. The van der Waals surface area contributed by atoms with Gasteiger partial charge in [0.2, 0.25) is 0 Å². The highest BCUT2D eigenvalue weighted by atomic mass is 35.5. The predicted molar refractivity (Wildman–Crippen MR) is 99.9 cm³/mol. The fraction of sp³-hybridized carbons (Fsp3) is 0.100. The monoisotopic (exact) mass is 322 g/mol. The van der Waals surface area contributed by atoms with Gasteiger partial charge in [-0.1, -0.05) is 99.8 Å². The molecule has 3 aromatic rings. The summed E-state index contributed by atoms with van der Waals surface area (Å²) < 4.78 is 0. The zero-order valence-corrected chi connectivity index (χ0v) is 14.8. The lowest BCUT2D eigenvalue weighted by molar-refractivity contribution is 1.48. The molecule has 0 saturated heterocycles. The first-order valence-corrected chi connectivity index (χ1v) is 9.64. The van der Waals surface area contributed by atoms with E-state index in [9.17, 15) is 0 Å². The second kappa shape index (κ2) is 6.51. The van der Waals surface area contributed by atoms with E-state index in [1.807, 2.05) is 12.1 Å². The van der Waals surface area contributed by atoms with Crippen LogP contribution in [-0.2, 0) is 0 Å². The van der Waals surface area contributed by atoms with Gasteiger partial charge in [-0.2, -0.15) is 0 Å². The third-order valence-corrected chi connectivity index (χ3v) is 7.67. The van der Waals surface area contributed by atoms with Crippen molar-refractivity contribution >= 4 is 36.0 Å². The first-order chi connectivity index (χ1) is 10.6. The van der Waals surface area contributed by atoms with E-state index in [1.165, 1.54) is 26.7 Å². The van der Waals surface area contributed by atoms with E-state index >= 15 is 0 Å². The Morgan fingerprint density at radius 2 is 1.23 bits per heavy atom. The fourth-order valence-electron chi connectivity index (χ4n) is 2.96. The summed E-state index contributed by atoms with van der Waals surface area (Å²) in [4.78, 5) is 0. The molecule has 0 amide bonds. The molecule has 0 aromatic heterocycles. The van der Waals surface area contributed by atoms with Crippen LogP contribution < -0.4 is 15.6 Å². The molecule has 0 atom stereocenters. The van der Waals surface area contributed by atoms with Gasteiger partial charge in [-0.3, -0.25) is 0 Å². The normalized spacial score (nSPS) is 10.9. The van der Waals surface area contributed by atoms with Crippen LogP contribution >= 0.6 is 11.6 Å². The second-order valence-electron chi connectivity index (χ2n) is 5.78. The summed E-state index contributed by atoms with van der Waals surface area (Å²) in [6, 6.07) is 26.0. The number of hydrogen-bond acceptors (Lipinski definition) is 0. The highest BCUT2D eigenvalue weighted by Gasteiger charge is 2.21. The van der Waals surface area contributed by atoms with Gasteiger partial charge < -0.3 is 0 Å². The molecule has 110 valence electrons. The molecule has 0 N–H and O–H groups in total. The molecule has 0 saturated carbocycles. The van der Waals surface area contributed by atoms with Gasteiger partial charge in [-0.25, -0.2) is 0 Å². The van der Waals surface area contributed by atoms with Crippen molar-refractivity contribution in [1.29, 1.82) is 0 Å². The average molecular weight is 323 g/mol. The van der Waals surface area contributed by atoms with Gasteiger partial charge in [-0.15, -0.1) is 0 Å². The largest absolute Gasteiger partial charge is 0.134 e. The van der Waals surface area contributed by atoms with Crippen LogP contribution in [0, 0.1) is 13.8 Å². The van der Waals surface area contributed by atoms with Crippen LogP contribution in [-0.4, -0.2) is 8.80 Å². The minimum absolute atomic E-state index is 0.877. The number of aryl methyl sites for hydroxylation is 2. The van der Waals surface area contributed by atoms with E-state index in [0.29, 0.717) is 0 Å². The molecular formula is C20H19ClSi. The van der Waals surface area contributed by atoms with Crippen molar-refractivity contribution in [3.8, 4) is 0 Å². The maximum absolute atomic E-state index is 6.53. The molecule has 0 aliphatic heterocycles. The lowest BCUT2D eigenvalue weighted by atomic mass is 10.2. The minimum Gasteiger partial charge on any atom is -0.0845 e. The molecular weight excluding hydrogens is 304 g/mol. The summed E-state index contributed by atoms with van der Waals surface area (Å²) in [5.74, 6) is 0. The fourth-order valence-corrected chi connectivity index (χ4v) is 6.67. The van der Waals surface area contributed by atoms with Crippen molar-refractivity contribution < 1.29 is 0 Å². The van der Waals surface area contributed by atoms with Crippen molar-refractivity contribution in [1.82, 2.24) is 0 Å². The summed E-state index contributed by atoms with van der Waals surface area (Å²) in [5, 5.41) is 5.00. The van der Waals surface area contributed by atoms with Crippen molar-refractivity contribution in [3.63, 3.8) is 0 Å². The van der Waals surface area contributed by atoms with Gasteiger partial charge in [0, 0.05) is 5.02 Å². The SMILES string of the molecule is Cc1cccc([SiH](c2cccc(C)c2)c2ccccc2Cl)c1. The molecule has 0 spiro atoms. The quantitative estimate of drug-likeness (QED) is 0.513. The van der Waals surface area contributed by atoms with Gasteiger partial charge in [-0.05, 0) is 25.1 Å². The molecule has 0 heterocycles. The van der Waals surface area contributed by atoms with Crippen LogP contribution in [0.2, 0.25) is 5.02 Å². The number of benzene rings is 3. The molecule has 0 fully saturated rings. The van der Waals surface area contributed by atoms with Crippen LogP contribution in [0.5, 0.6) is 0 Å². The van der Waals surface area contributed by atoms with E-state index in [-0.39, 0.29) is 0 Å². The molecule has 3 aromatic carbocycles. The molecule has 2 heteroatoms. The van der Waals surface area contributed by atoms with Gasteiger partial charge in [0.25, 0.3) is 0 Å². The highest BCUT2D eigenvalue weighted by Crippen LogP contribution is 2.08. The third kappa shape index (κ3) is 3.16. The van der Waals surface area contributed by atoms with Gasteiger partial charge in [0.05, 0.1) is 0 Å². The second-order valence-corrected chi connectivity index (χ2v) is 9.01. The Bertz CT molecular complexity index is 749. The van der Waals surface area contributed by atoms with Crippen LogP contribution in [0.25, 0.3) is 0 Å². The van der Waals surface area contributed by atoms with Crippen molar-refractivity contribution in [3.05, 3.63) is 88.9 Å². The van der Waals surface area contributed by atoms with Gasteiger partial charge >= 0.3 is 0 Å². The van der Waals surface area contributed by atoms with Crippen molar-refractivity contribution in [2.75, 3.05) is 0 Å². The van der Waals surface area contributed by atoms with Crippen LogP contribution in [0.3, 0.4) is 0 Å². The Morgan fingerprint density at radius 3 is 1.73 bits per heavy atom. The predicted octanol–water partition coefficient (Wildman–Crippen LogP) is 3.21. The van der Waals surface area contributed by atoms with Gasteiger partial charge in [0.1, 0.15) is 8.80 Å². The molecule has 0 aliphatic carbocycles. The molecule has 0 unspecified atom stereocenters. The van der Waals surface area contributed by atoms with Gasteiger partial charge in [0.15, 0.2) is 0 Å². The zero-order chi connectivity index (χ0) is 15.5. The third-order valence-electron chi connectivity index (χ3n) is 3.97. The van der Waals surface area contributed by atoms with Crippen LogP contribution in [0.15, 0.2) is 72.8 Å². The topological polar surface area (TPSA) is 0 Å². The Kier molecular flexibility index (Phi) is 4.46. The summed E-state index contributed by atoms with van der Waals surface area (Å²) in [7, 11) is -1.54. The summed E-state index contributed by atoms with van der Waals surface area (Å²) in [6.45, 7) is 4.30. The summed E-state index contributed by atoms with van der Waals surface area (Å²) in [5.41, 5.74) is 2.60. The van der Waals surface area contributed by atoms with E-state index in [2.05, 4.69) is 74.5 Å². The summed E-state index contributed by atoms with van der Waals surface area (Å²) >= 11 is 6.53. The molecule has 0 aliphatic rings. The van der Waals surface area contributed by atoms with E-state index in [1.54, 1.807) is 0 Å². The van der Waals surface area contributed by atoms with Crippen molar-refractivity contribution in [2.24, 2.45) is 0 Å². The van der Waals surface area contributed by atoms with Crippen LogP contribution in [0.4, 0.5) is 0 Å². The molecule has 0 radical (unpaired) electrons. The zero-order valence-electron chi connectivity index (χ0n) is 12.9. The lowest BCUT2D eigenvalue weighted by Gasteiger charge is -2.19.